The molecule has 1 heterocycles. The number of ether oxygens (including phenoxy) is 3. The number of benzene rings is 2. The minimum absolute atomic E-state index is 0.0175. The van der Waals surface area contributed by atoms with Gasteiger partial charge in [0.2, 0.25) is 0 Å². The number of aromatic nitrogens is 1. The highest BCUT2D eigenvalue weighted by atomic mass is 35.5. The molecule has 10 heteroatoms. The number of nitrogens with zero attached hydrogens (tertiary/aromatic N) is 1. The molecule has 37 heavy (non-hydrogen) atoms. The fraction of sp³-hybridized carbons (Fsp3) is 0.333. The molecular weight excluding hydrogens is 503 g/mol. The Hall–Kier alpha value is -3.24. The maximum Gasteiger partial charge on any atom is 0.163 e. The molecule has 0 aliphatic heterocycles. The molecule has 0 amide bonds. The predicted molar refractivity (Wildman–Crippen MR) is 138 cm³/mol. The highest BCUT2D eigenvalue weighted by Gasteiger charge is 2.32. The van der Waals surface area contributed by atoms with Crippen LogP contribution in [0.1, 0.15) is 28.9 Å². The smallest absolute Gasteiger partial charge is 0.163 e. The summed E-state index contributed by atoms with van der Waals surface area (Å²) in [6, 6.07) is 12.3. The summed E-state index contributed by atoms with van der Waals surface area (Å²) in [6.07, 6.45) is 0.0876. The Morgan fingerprint density at radius 2 is 1.81 bits per heavy atom. The lowest BCUT2D eigenvalue weighted by molar-refractivity contribution is 0.0232. The number of pyridine rings is 1. The van der Waals surface area contributed by atoms with Gasteiger partial charge in [-0.15, -0.1) is 0 Å². The van der Waals surface area contributed by atoms with Crippen LogP contribution in [0.2, 0.25) is 5.02 Å². The van der Waals surface area contributed by atoms with Gasteiger partial charge in [0.15, 0.2) is 17.3 Å². The number of hydrogen-bond acceptors (Lipinski definition) is 8. The highest BCUT2D eigenvalue weighted by molar-refractivity contribution is 6.31. The number of hydrogen-bond donors (Lipinski definition) is 3. The molecule has 8 nitrogen and oxygen atoms in total. The van der Waals surface area contributed by atoms with Crippen LogP contribution in [0, 0.1) is 5.82 Å². The number of carbonyl (C=O) groups is 1. The van der Waals surface area contributed by atoms with Gasteiger partial charge in [-0.3, -0.25) is 4.79 Å². The molecule has 3 N–H and O–H groups in total. The molecule has 0 fully saturated rings. The molecule has 0 radical (unpaired) electrons. The lowest BCUT2D eigenvalue weighted by Crippen LogP contribution is -2.38. The van der Waals surface area contributed by atoms with Gasteiger partial charge in [-0.25, -0.2) is 9.37 Å². The Kier molecular flexibility index (Phi) is 9.82. The van der Waals surface area contributed by atoms with Crippen molar-refractivity contribution in [2.24, 2.45) is 0 Å². The van der Waals surface area contributed by atoms with E-state index < -0.39 is 11.4 Å². The summed E-state index contributed by atoms with van der Waals surface area (Å²) >= 11 is 5.97. The quantitative estimate of drug-likeness (QED) is 0.283. The molecule has 0 aliphatic rings. The molecule has 1 aromatic heterocycles. The van der Waals surface area contributed by atoms with E-state index in [2.05, 4.69) is 10.3 Å². The number of rotatable bonds is 13. The molecule has 198 valence electrons. The molecule has 0 spiro atoms. The van der Waals surface area contributed by atoms with E-state index in [0.717, 1.165) is 0 Å². The zero-order chi connectivity index (χ0) is 27.0. The van der Waals surface area contributed by atoms with Gasteiger partial charge in [0, 0.05) is 24.1 Å². The van der Waals surface area contributed by atoms with Gasteiger partial charge in [0.05, 0.1) is 31.5 Å². The minimum Gasteiger partial charge on any atom is -0.494 e. The van der Waals surface area contributed by atoms with Crippen LogP contribution < -0.4 is 19.5 Å². The first-order valence-corrected chi connectivity index (χ1v) is 12.0. The standard InChI is InChI=1S/C27H30ClFN2O6/c1-30-16-27(34,11-10-21(33)17-5-7-22(37-13-12-32)24(15-17)36-3)25-9-8-23(35-2)26(31-25)18-4-6-20(29)19(28)14-18/h4-9,14-15,30,32,34H,10-13,16H2,1-3H3. The predicted octanol–water partition coefficient (Wildman–Crippen LogP) is 4.00. The summed E-state index contributed by atoms with van der Waals surface area (Å²) < 4.78 is 29.9. The third-order valence-electron chi connectivity index (χ3n) is 5.82. The second-order valence-electron chi connectivity index (χ2n) is 8.30. The maximum atomic E-state index is 13.7. The van der Waals surface area contributed by atoms with Gasteiger partial charge in [-0.05, 0) is 62.0 Å². The number of aliphatic hydroxyl groups excluding tert-OH is 1. The molecule has 3 aromatic rings. The molecule has 3 rings (SSSR count). The summed E-state index contributed by atoms with van der Waals surface area (Å²) in [5.41, 5.74) is 0.110. The molecule has 0 aliphatic carbocycles. The van der Waals surface area contributed by atoms with Gasteiger partial charge in [0.1, 0.15) is 29.5 Å². The van der Waals surface area contributed by atoms with Gasteiger partial charge in [-0.2, -0.15) is 0 Å². The number of aliphatic hydroxyl groups is 2. The first-order chi connectivity index (χ1) is 17.8. The van der Waals surface area contributed by atoms with E-state index in [1.54, 1.807) is 37.4 Å². The van der Waals surface area contributed by atoms with Gasteiger partial charge >= 0.3 is 0 Å². The molecule has 2 aromatic carbocycles. The molecule has 0 saturated carbocycles. The fourth-order valence-corrected chi connectivity index (χ4v) is 4.08. The second kappa shape index (κ2) is 12.8. The van der Waals surface area contributed by atoms with Crippen LogP contribution in [0.3, 0.4) is 0 Å². The van der Waals surface area contributed by atoms with Crippen LogP contribution in [0.15, 0.2) is 48.5 Å². The third-order valence-corrected chi connectivity index (χ3v) is 6.11. The number of likely N-dealkylation sites (N-methyl/N-ethyl adjacent to an activating group) is 1. The van der Waals surface area contributed by atoms with E-state index in [-0.39, 0.29) is 43.4 Å². The second-order valence-corrected chi connectivity index (χ2v) is 8.71. The van der Waals surface area contributed by atoms with E-state index in [1.165, 1.54) is 32.4 Å². The Morgan fingerprint density at radius 3 is 2.46 bits per heavy atom. The van der Waals surface area contributed by atoms with Crippen molar-refractivity contribution in [1.29, 1.82) is 0 Å². The summed E-state index contributed by atoms with van der Waals surface area (Å²) in [5.74, 6) is 0.431. The van der Waals surface area contributed by atoms with E-state index in [9.17, 15) is 14.3 Å². The van der Waals surface area contributed by atoms with Gasteiger partial charge in [0.25, 0.3) is 0 Å². The van der Waals surface area contributed by atoms with Crippen LogP contribution in [0.25, 0.3) is 11.3 Å². The van der Waals surface area contributed by atoms with E-state index in [1.807, 2.05) is 0 Å². The molecule has 1 unspecified atom stereocenters. The largest absolute Gasteiger partial charge is 0.494 e. The maximum absolute atomic E-state index is 13.7. The summed E-state index contributed by atoms with van der Waals surface area (Å²) in [7, 11) is 4.63. The van der Waals surface area contributed by atoms with Gasteiger partial charge in [-0.1, -0.05) is 11.6 Å². The van der Waals surface area contributed by atoms with Gasteiger partial charge < -0.3 is 29.7 Å². The lowest BCUT2D eigenvalue weighted by Gasteiger charge is -2.28. The average molecular weight is 533 g/mol. The normalized spacial score (nSPS) is 12.6. The van der Waals surface area contributed by atoms with E-state index in [0.29, 0.717) is 39.8 Å². The number of carbonyl (C=O) groups excluding carboxylic acids is 1. The van der Waals surface area contributed by atoms with Crippen LogP contribution >= 0.6 is 11.6 Å². The topological polar surface area (TPSA) is 110 Å². The monoisotopic (exact) mass is 532 g/mol. The number of nitrogens with one attached hydrogen (secondary N) is 1. The zero-order valence-electron chi connectivity index (χ0n) is 20.9. The lowest BCUT2D eigenvalue weighted by atomic mass is 9.90. The summed E-state index contributed by atoms with van der Waals surface area (Å²) in [5, 5.41) is 23.4. The van der Waals surface area contributed by atoms with Crippen LogP contribution in [-0.2, 0) is 5.60 Å². The Labute approximate surface area is 220 Å². The van der Waals surface area contributed by atoms with Crippen molar-refractivity contribution >= 4 is 17.4 Å². The van der Waals surface area contributed by atoms with Crippen molar-refractivity contribution in [1.82, 2.24) is 10.3 Å². The molecular formula is C27H30ClFN2O6. The zero-order valence-corrected chi connectivity index (χ0v) is 21.6. The Morgan fingerprint density at radius 1 is 1.08 bits per heavy atom. The molecule has 1 atom stereocenters. The van der Waals surface area contributed by atoms with Crippen molar-refractivity contribution in [2.75, 3.05) is 41.0 Å². The SMILES string of the molecule is CNCC(O)(CCC(=O)c1ccc(OCCO)c(OC)c1)c1ccc(OC)c(-c2ccc(F)c(Cl)c2)n1. The number of methoxy groups -OCH3 is 2. The van der Waals surface area contributed by atoms with E-state index >= 15 is 0 Å². The Balaban J connectivity index is 1.88. The van der Waals surface area contributed by atoms with E-state index in [4.69, 9.17) is 30.9 Å². The van der Waals surface area contributed by atoms with Crippen LogP contribution in [0.4, 0.5) is 4.39 Å². The molecule has 0 saturated heterocycles. The van der Waals surface area contributed by atoms with Crippen molar-refractivity contribution in [3.8, 4) is 28.5 Å². The number of Topliss-reactive ketones (excluding diaryl/α,β-unsaturated/α-hetero) is 1. The van der Waals surface area contributed by atoms with Crippen molar-refractivity contribution in [3.63, 3.8) is 0 Å². The summed E-state index contributed by atoms with van der Waals surface area (Å²) in [6.45, 7) is 0.0748. The van der Waals surface area contributed by atoms with Crippen LogP contribution in [0.5, 0.6) is 17.2 Å². The first-order valence-electron chi connectivity index (χ1n) is 11.6. The first kappa shape index (κ1) is 28.3. The highest BCUT2D eigenvalue weighted by Crippen LogP contribution is 2.35. The minimum atomic E-state index is -1.50. The van der Waals surface area contributed by atoms with Crippen molar-refractivity contribution in [2.45, 2.75) is 18.4 Å². The number of halogens is 2. The van der Waals surface area contributed by atoms with Crippen LogP contribution in [-0.4, -0.2) is 62.0 Å². The van der Waals surface area contributed by atoms with Crippen molar-refractivity contribution < 1.29 is 33.6 Å². The third kappa shape index (κ3) is 6.75. The van der Waals surface area contributed by atoms with Crippen molar-refractivity contribution in [3.05, 3.63) is 70.6 Å². The molecule has 0 bridgehead atoms. The Bertz CT molecular complexity index is 1240. The number of ketones is 1. The summed E-state index contributed by atoms with van der Waals surface area (Å²) in [4.78, 5) is 17.6. The fourth-order valence-electron chi connectivity index (χ4n) is 3.90. The average Bonchev–Trinajstić information content (AvgIpc) is 2.91.